The molecule has 100 valence electrons. The zero-order chi connectivity index (χ0) is 13.9. The first kappa shape index (κ1) is 13.7. The maximum Gasteiger partial charge on any atom is 0.153 e. The SMILES string of the molecule is [O-][S+](Cc1ccc(Br)cc1)c1ccc2ccccc2c1. The summed E-state index contributed by atoms with van der Waals surface area (Å²) in [6, 6.07) is 22.1. The molecule has 0 aliphatic carbocycles. The van der Waals surface area contributed by atoms with Gasteiger partial charge in [-0.05, 0) is 46.2 Å². The van der Waals surface area contributed by atoms with Crippen LogP contribution in [0.4, 0.5) is 0 Å². The molecule has 1 unspecified atom stereocenters. The molecule has 0 amide bonds. The Morgan fingerprint density at radius 2 is 1.55 bits per heavy atom. The Kier molecular flexibility index (Phi) is 4.10. The van der Waals surface area contributed by atoms with Crippen LogP contribution in [-0.2, 0) is 16.9 Å². The highest BCUT2D eigenvalue weighted by molar-refractivity contribution is 9.10. The van der Waals surface area contributed by atoms with Crippen molar-refractivity contribution in [1.82, 2.24) is 0 Å². The number of benzene rings is 3. The summed E-state index contributed by atoms with van der Waals surface area (Å²) in [4.78, 5) is 0.881. The maximum atomic E-state index is 12.4. The van der Waals surface area contributed by atoms with Crippen molar-refractivity contribution in [2.45, 2.75) is 10.6 Å². The average Bonchev–Trinajstić information content (AvgIpc) is 2.49. The Morgan fingerprint density at radius 1 is 0.850 bits per heavy atom. The summed E-state index contributed by atoms with van der Waals surface area (Å²) >= 11 is 2.40. The van der Waals surface area contributed by atoms with E-state index in [1.54, 1.807) is 0 Å². The van der Waals surface area contributed by atoms with Crippen LogP contribution in [0.1, 0.15) is 5.56 Å². The molecule has 1 atom stereocenters. The highest BCUT2D eigenvalue weighted by atomic mass is 79.9. The van der Waals surface area contributed by atoms with Gasteiger partial charge in [-0.3, -0.25) is 0 Å². The van der Waals surface area contributed by atoms with Gasteiger partial charge in [-0.25, -0.2) is 0 Å². The second kappa shape index (κ2) is 6.00. The third-order valence-electron chi connectivity index (χ3n) is 3.19. The number of halogens is 1. The van der Waals surface area contributed by atoms with Crippen LogP contribution in [-0.4, -0.2) is 4.55 Å². The Labute approximate surface area is 129 Å². The van der Waals surface area contributed by atoms with Crippen molar-refractivity contribution in [2.24, 2.45) is 0 Å². The molecule has 3 aromatic rings. The molecule has 0 fully saturated rings. The van der Waals surface area contributed by atoms with Crippen LogP contribution in [0.15, 0.2) is 76.1 Å². The second-order valence-electron chi connectivity index (χ2n) is 4.63. The Hall–Kier alpha value is -1.29. The molecule has 0 aromatic heterocycles. The molecule has 0 bridgehead atoms. The smallest absolute Gasteiger partial charge is 0.153 e. The molecule has 0 saturated carbocycles. The van der Waals surface area contributed by atoms with E-state index in [0.29, 0.717) is 5.75 Å². The van der Waals surface area contributed by atoms with Gasteiger partial charge in [0.1, 0.15) is 5.75 Å². The van der Waals surface area contributed by atoms with Crippen LogP contribution in [0.2, 0.25) is 0 Å². The van der Waals surface area contributed by atoms with Gasteiger partial charge < -0.3 is 4.55 Å². The number of hydrogen-bond donors (Lipinski definition) is 0. The summed E-state index contributed by atoms with van der Waals surface area (Å²) in [5, 5.41) is 2.31. The molecule has 0 saturated heterocycles. The first-order valence-corrected chi connectivity index (χ1v) is 8.45. The number of hydrogen-bond acceptors (Lipinski definition) is 1. The van der Waals surface area contributed by atoms with Crippen LogP contribution >= 0.6 is 15.9 Å². The van der Waals surface area contributed by atoms with Crippen molar-refractivity contribution in [1.29, 1.82) is 0 Å². The van der Waals surface area contributed by atoms with Crippen LogP contribution in [0.3, 0.4) is 0 Å². The van der Waals surface area contributed by atoms with Crippen molar-refractivity contribution in [3.8, 4) is 0 Å². The van der Waals surface area contributed by atoms with Gasteiger partial charge in [0.05, 0.1) is 0 Å². The molecule has 1 nitrogen and oxygen atoms in total. The Balaban J connectivity index is 1.84. The number of fused-ring (bicyclic) bond motifs is 1. The van der Waals surface area contributed by atoms with E-state index in [4.69, 9.17) is 0 Å². The summed E-state index contributed by atoms with van der Waals surface area (Å²) < 4.78 is 13.5. The van der Waals surface area contributed by atoms with E-state index in [1.165, 1.54) is 5.39 Å². The van der Waals surface area contributed by atoms with Gasteiger partial charge in [0.2, 0.25) is 0 Å². The average molecular weight is 345 g/mol. The van der Waals surface area contributed by atoms with Crippen molar-refractivity contribution in [2.75, 3.05) is 0 Å². The predicted molar refractivity (Wildman–Crippen MR) is 88.2 cm³/mol. The molecule has 0 N–H and O–H groups in total. The lowest BCUT2D eigenvalue weighted by molar-refractivity contribution is 0.594. The lowest BCUT2D eigenvalue weighted by Gasteiger charge is -2.11. The van der Waals surface area contributed by atoms with E-state index in [1.807, 2.05) is 54.6 Å². The van der Waals surface area contributed by atoms with Gasteiger partial charge in [-0.15, -0.1) is 0 Å². The van der Waals surface area contributed by atoms with Crippen molar-refractivity contribution < 1.29 is 4.55 Å². The zero-order valence-electron chi connectivity index (χ0n) is 10.8. The predicted octanol–water partition coefficient (Wildman–Crippen LogP) is 4.91. The van der Waals surface area contributed by atoms with Crippen LogP contribution in [0.5, 0.6) is 0 Å². The van der Waals surface area contributed by atoms with E-state index in [0.717, 1.165) is 20.3 Å². The fourth-order valence-corrected chi connectivity index (χ4v) is 3.53. The van der Waals surface area contributed by atoms with Crippen molar-refractivity contribution in [3.63, 3.8) is 0 Å². The minimum atomic E-state index is -1.01. The summed E-state index contributed by atoms with van der Waals surface area (Å²) in [7, 11) is 0. The molecule has 3 rings (SSSR count). The van der Waals surface area contributed by atoms with Gasteiger partial charge >= 0.3 is 0 Å². The second-order valence-corrected chi connectivity index (χ2v) is 6.99. The van der Waals surface area contributed by atoms with Gasteiger partial charge in [-0.2, -0.15) is 0 Å². The molecule has 3 aromatic carbocycles. The molecule has 0 aliphatic rings. The summed E-state index contributed by atoms with van der Waals surface area (Å²) in [5.74, 6) is 0.547. The van der Waals surface area contributed by atoms with E-state index >= 15 is 0 Å². The van der Waals surface area contributed by atoms with Crippen LogP contribution in [0, 0.1) is 0 Å². The monoisotopic (exact) mass is 344 g/mol. The molecule has 0 heterocycles. The van der Waals surface area contributed by atoms with E-state index in [2.05, 4.69) is 28.1 Å². The Bertz CT molecular complexity index is 724. The Morgan fingerprint density at radius 3 is 2.30 bits per heavy atom. The zero-order valence-corrected chi connectivity index (χ0v) is 13.2. The topological polar surface area (TPSA) is 23.1 Å². The summed E-state index contributed by atoms with van der Waals surface area (Å²) in [6.07, 6.45) is 0. The highest BCUT2D eigenvalue weighted by Gasteiger charge is 2.12. The van der Waals surface area contributed by atoms with E-state index in [-0.39, 0.29) is 0 Å². The first-order chi connectivity index (χ1) is 9.72. The maximum absolute atomic E-state index is 12.4. The molecule has 0 aliphatic heterocycles. The van der Waals surface area contributed by atoms with Gasteiger partial charge in [0.15, 0.2) is 4.90 Å². The van der Waals surface area contributed by atoms with Gasteiger partial charge in [0, 0.05) is 16.1 Å². The lowest BCUT2D eigenvalue weighted by atomic mass is 10.1. The number of rotatable bonds is 3. The quantitative estimate of drug-likeness (QED) is 0.619. The molecule has 0 radical (unpaired) electrons. The fraction of sp³-hybridized carbons (Fsp3) is 0.0588. The third-order valence-corrected chi connectivity index (χ3v) is 5.10. The summed E-state index contributed by atoms with van der Waals surface area (Å²) in [6.45, 7) is 0. The van der Waals surface area contributed by atoms with Crippen LogP contribution in [0.25, 0.3) is 10.8 Å². The largest absolute Gasteiger partial charge is 0.611 e. The third kappa shape index (κ3) is 3.06. The van der Waals surface area contributed by atoms with Gasteiger partial charge in [0.25, 0.3) is 0 Å². The fourth-order valence-electron chi connectivity index (χ4n) is 2.12. The minimum Gasteiger partial charge on any atom is -0.611 e. The van der Waals surface area contributed by atoms with Gasteiger partial charge in [-0.1, -0.05) is 52.3 Å². The molecular weight excluding hydrogens is 332 g/mol. The lowest BCUT2D eigenvalue weighted by Crippen LogP contribution is -2.04. The van der Waals surface area contributed by atoms with E-state index < -0.39 is 11.2 Å². The molecule has 0 spiro atoms. The highest BCUT2D eigenvalue weighted by Crippen LogP contribution is 2.22. The normalized spacial score (nSPS) is 12.5. The van der Waals surface area contributed by atoms with Crippen molar-refractivity contribution in [3.05, 3.63) is 76.8 Å². The standard InChI is InChI=1S/C17H13BrOS/c18-16-8-5-13(6-9-16)12-20(19)17-10-7-14-3-1-2-4-15(14)11-17/h1-11H,12H2. The molecule has 3 heteroatoms. The molecular formula is C17H13BrOS. The van der Waals surface area contributed by atoms with Crippen molar-refractivity contribution >= 4 is 37.9 Å². The van der Waals surface area contributed by atoms with E-state index in [9.17, 15) is 4.55 Å². The summed E-state index contributed by atoms with van der Waals surface area (Å²) in [5.41, 5.74) is 1.08. The molecule has 20 heavy (non-hydrogen) atoms. The van der Waals surface area contributed by atoms with Crippen LogP contribution < -0.4 is 0 Å². The minimum absolute atomic E-state index is 0.547. The first-order valence-electron chi connectivity index (χ1n) is 6.34.